The van der Waals surface area contributed by atoms with Crippen LogP contribution in [-0.4, -0.2) is 47.9 Å². The van der Waals surface area contributed by atoms with E-state index in [4.69, 9.17) is 15.9 Å². The molecule has 0 rings (SSSR count). The van der Waals surface area contributed by atoms with Gasteiger partial charge in [-0.25, -0.2) is 0 Å². The highest BCUT2D eigenvalue weighted by Gasteiger charge is 1.96. The van der Waals surface area contributed by atoms with Gasteiger partial charge in [0.15, 0.2) is 0 Å². The lowest BCUT2D eigenvalue weighted by molar-refractivity contribution is 0.180. The van der Waals surface area contributed by atoms with Gasteiger partial charge in [-0.05, 0) is 39.9 Å². The van der Waals surface area contributed by atoms with Gasteiger partial charge in [-0.15, -0.1) is 0 Å². The minimum atomic E-state index is -0.0966. The maximum absolute atomic E-state index is 8.99. The summed E-state index contributed by atoms with van der Waals surface area (Å²) in [5.41, 5.74) is 4.85. The van der Waals surface area contributed by atoms with Crippen molar-refractivity contribution in [2.45, 2.75) is 132 Å². The van der Waals surface area contributed by atoms with Crippen LogP contribution in [0.2, 0.25) is 0 Å². The van der Waals surface area contributed by atoms with Crippen molar-refractivity contribution in [2.75, 3.05) is 26.7 Å². The molecule has 0 aromatic rings. The highest BCUT2D eigenvalue weighted by molar-refractivity contribution is 4.81. The standard InChI is InChI=1S/C11H24O.C7H15NO.C4H10.C2H7N.C2H6/c1-3-4-5-6-7-8-9-10-11(2)12;1-4-5-8(3)6-7(2)9;1-3-4-2;1-2-3;1-2/h11-12H,3-10H2,1-2H3;9H,2,4-6H2,1,3H3;3-4H2,1-2H3;2-3H2,1H3;1-2H3. The van der Waals surface area contributed by atoms with Crippen LogP contribution in [0.15, 0.2) is 12.3 Å². The summed E-state index contributed by atoms with van der Waals surface area (Å²) in [6.45, 7) is 22.2. The Morgan fingerprint density at radius 3 is 1.53 bits per heavy atom. The second-order valence-electron chi connectivity index (χ2n) is 7.47. The first-order chi connectivity index (χ1) is 14.3. The molecule has 4 N–H and O–H groups in total. The lowest BCUT2D eigenvalue weighted by atomic mass is 10.1. The first kappa shape index (κ1) is 39.8. The fourth-order valence-corrected chi connectivity index (χ4v) is 2.17. The zero-order valence-corrected chi connectivity index (χ0v) is 22.6. The molecule has 0 amide bonds. The van der Waals surface area contributed by atoms with E-state index in [1.165, 1.54) is 57.8 Å². The maximum atomic E-state index is 8.99. The third-order valence-corrected chi connectivity index (χ3v) is 3.78. The van der Waals surface area contributed by atoms with Crippen molar-refractivity contribution in [1.29, 1.82) is 0 Å². The monoisotopic (exact) mass is 434 g/mol. The average Bonchev–Trinajstić information content (AvgIpc) is 2.69. The average molecular weight is 435 g/mol. The minimum Gasteiger partial charge on any atom is -0.512 e. The Morgan fingerprint density at radius 1 is 0.833 bits per heavy atom. The molecule has 1 unspecified atom stereocenters. The number of likely N-dealkylation sites (N-methyl/N-ethyl adjacent to an activating group) is 1. The van der Waals surface area contributed by atoms with Crippen molar-refractivity contribution >= 4 is 0 Å². The number of aliphatic hydroxyl groups excluding tert-OH is 2. The smallest absolute Gasteiger partial charge is 0.0991 e. The Labute approximate surface area is 192 Å². The highest BCUT2D eigenvalue weighted by Crippen LogP contribution is 2.09. The lowest BCUT2D eigenvalue weighted by Crippen LogP contribution is -2.21. The van der Waals surface area contributed by atoms with Gasteiger partial charge in [-0.3, -0.25) is 4.90 Å². The van der Waals surface area contributed by atoms with Crippen molar-refractivity contribution in [1.82, 2.24) is 4.90 Å². The molecule has 30 heavy (non-hydrogen) atoms. The number of aliphatic hydroxyl groups is 2. The first-order valence-corrected chi connectivity index (χ1v) is 12.7. The van der Waals surface area contributed by atoms with Crippen molar-refractivity contribution in [2.24, 2.45) is 5.73 Å². The van der Waals surface area contributed by atoms with E-state index in [0.29, 0.717) is 6.54 Å². The molecular formula is C26H62N2O2. The molecule has 0 aliphatic rings. The van der Waals surface area contributed by atoms with Crippen LogP contribution < -0.4 is 5.73 Å². The Kier molecular flexibility index (Phi) is 56.5. The predicted molar refractivity (Wildman–Crippen MR) is 141 cm³/mol. The van der Waals surface area contributed by atoms with Crippen molar-refractivity contribution in [3.63, 3.8) is 0 Å². The van der Waals surface area contributed by atoms with Crippen LogP contribution in [0.1, 0.15) is 126 Å². The molecule has 1 atom stereocenters. The van der Waals surface area contributed by atoms with Crippen LogP contribution in [0, 0.1) is 0 Å². The molecular weight excluding hydrogens is 372 g/mol. The van der Waals surface area contributed by atoms with Crippen molar-refractivity contribution in [3.05, 3.63) is 12.3 Å². The van der Waals surface area contributed by atoms with Gasteiger partial charge in [0.1, 0.15) is 0 Å². The quantitative estimate of drug-likeness (QED) is 0.205. The SMILES string of the molecule is C=C(O)CN(C)CCC.CC.CCCC.CCCCCCCCCC(C)O.CCN. The Hall–Kier alpha value is -0.580. The molecule has 188 valence electrons. The summed E-state index contributed by atoms with van der Waals surface area (Å²) in [7, 11) is 1.96. The molecule has 0 spiro atoms. The van der Waals surface area contributed by atoms with E-state index in [-0.39, 0.29) is 11.9 Å². The Bertz CT molecular complexity index is 257. The van der Waals surface area contributed by atoms with E-state index in [1.54, 1.807) is 0 Å². The molecule has 0 aromatic heterocycles. The fraction of sp³-hybridized carbons (Fsp3) is 0.923. The zero-order valence-electron chi connectivity index (χ0n) is 22.6. The summed E-state index contributed by atoms with van der Waals surface area (Å²) in [5, 5.41) is 17.7. The molecule has 0 heterocycles. The van der Waals surface area contributed by atoms with Crippen molar-refractivity contribution in [3.8, 4) is 0 Å². The van der Waals surface area contributed by atoms with Gasteiger partial charge in [0.05, 0.1) is 18.4 Å². The molecule has 0 aliphatic carbocycles. The molecule has 0 saturated heterocycles. The number of rotatable bonds is 13. The summed E-state index contributed by atoms with van der Waals surface area (Å²) in [6.07, 6.45) is 14.0. The van der Waals surface area contributed by atoms with E-state index in [0.717, 1.165) is 25.9 Å². The van der Waals surface area contributed by atoms with Crippen LogP contribution in [-0.2, 0) is 0 Å². The summed E-state index contributed by atoms with van der Waals surface area (Å²) < 4.78 is 0. The van der Waals surface area contributed by atoms with Crippen molar-refractivity contribution < 1.29 is 10.2 Å². The summed E-state index contributed by atoms with van der Waals surface area (Å²) >= 11 is 0. The molecule has 0 saturated carbocycles. The minimum absolute atomic E-state index is 0.0966. The second kappa shape index (κ2) is 42.5. The van der Waals surface area contributed by atoms with E-state index >= 15 is 0 Å². The largest absolute Gasteiger partial charge is 0.512 e. The number of hydrogen-bond donors (Lipinski definition) is 3. The second-order valence-corrected chi connectivity index (χ2v) is 7.47. The van der Waals surface area contributed by atoms with Gasteiger partial charge in [0, 0.05) is 0 Å². The third-order valence-electron chi connectivity index (χ3n) is 3.78. The molecule has 4 heteroatoms. The Balaban J connectivity index is -0.000000101. The lowest BCUT2D eigenvalue weighted by Gasteiger charge is -2.13. The molecule has 0 fully saturated rings. The van der Waals surface area contributed by atoms with Gasteiger partial charge in [-0.1, -0.05) is 113 Å². The summed E-state index contributed by atoms with van der Waals surface area (Å²) in [6, 6.07) is 0. The summed E-state index contributed by atoms with van der Waals surface area (Å²) in [4.78, 5) is 2.03. The number of hydrogen-bond acceptors (Lipinski definition) is 4. The molecule has 0 bridgehead atoms. The first-order valence-electron chi connectivity index (χ1n) is 12.7. The predicted octanol–water partition coefficient (Wildman–Crippen LogP) is 7.71. The van der Waals surface area contributed by atoms with Gasteiger partial charge in [-0.2, -0.15) is 0 Å². The van der Waals surface area contributed by atoms with Crippen LogP contribution in [0.4, 0.5) is 0 Å². The van der Waals surface area contributed by atoms with E-state index in [2.05, 4.69) is 34.3 Å². The normalized spacial score (nSPS) is 10.1. The van der Waals surface area contributed by atoms with Gasteiger partial charge in [0.25, 0.3) is 0 Å². The van der Waals surface area contributed by atoms with Crippen LogP contribution in [0.3, 0.4) is 0 Å². The van der Waals surface area contributed by atoms with E-state index in [9.17, 15) is 0 Å². The fourth-order valence-electron chi connectivity index (χ4n) is 2.17. The summed E-state index contributed by atoms with van der Waals surface area (Å²) in [5.74, 6) is 0.242. The molecule has 0 aliphatic heterocycles. The topological polar surface area (TPSA) is 69.7 Å². The van der Waals surface area contributed by atoms with Gasteiger partial charge >= 0.3 is 0 Å². The highest BCUT2D eigenvalue weighted by atomic mass is 16.3. The van der Waals surface area contributed by atoms with E-state index in [1.807, 2.05) is 39.6 Å². The van der Waals surface area contributed by atoms with E-state index < -0.39 is 0 Å². The van der Waals surface area contributed by atoms with Crippen LogP contribution in [0.25, 0.3) is 0 Å². The third kappa shape index (κ3) is 71.0. The van der Waals surface area contributed by atoms with Crippen LogP contribution in [0.5, 0.6) is 0 Å². The van der Waals surface area contributed by atoms with Gasteiger partial charge in [0.2, 0.25) is 0 Å². The number of nitrogens with zero attached hydrogens (tertiary/aromatic N) is 1. The van der Waals surface area contributed by atoms with Crippen LogP contribution >= 0.6 is 0 Å². The Morgan fingerprint density at radius 2 is 1.23 bits per heavy atom. The maximum Gasteiger partial charge on any atom is 0.0991 e. The number of nitrogens with two attached hydrogens (primary N) is 1. The molecule has 4 nitrogen and oxygen atoms in total. The number of unbranched alkanes of at least 4 members (excludes halogenated alkanes) is 7. The zero-order chi connectivity index (χ0) is 24.6. The molecule has 0 radical (unpaired) electrons. The molecule has 0 aromatic carbocycles. The van der Waals surface area contributed by atoms with Gasteiger partial charge < -0.3 is 15.9 Å².